The highest BCUT2D eigenvalue weighted by Gasteiger charge is 2.22. The maximum atomic E-state index is 13.3. The van der Waals surface area contributed by atoms with Crippen LogP contribution in [0.25, 0.3) is 0 Å². The summed E-state index contributed by atoms with van der Waals surface area (Å²) in [5, 5.41) is 4.59. The Bertz CT molecular complexity index is 663. The highest BCUT2D eigenvalue weighted by molar-refractivity contribution is 6.42. The largest absolute Gasteiger partial charge is 0.299 e. The Morgan fingerprint density at radius 1 is 1.23 bits per heavy atom. The topological polar surface area (TPSA) is 21.1 Å². The van der Waals surface area contributed by atoms with Crippen molar-refractivity contribution < 1.29 is 4.39 Å². The number of aromatic nitrogens is 2. The lowest BCUT2D eigenvalue weighted by molar-refractivity contribution is 0.204. The molecule has 0 atom stereocenters. The summed E-state index contributed by atoms with van der Waals surface area (Å²) >= 11 is 12.0. The predicted molar refractivity (Wildman–Crippen MR) is 86.9 cm³/mol. The summed E-state index contributed by atoms with van der Waals surface area (Å²) in [6.45, 7) is 2.69. The normalized spacial score (nSPS) is 17.1. The summed E-state index contributed by atoms with van der Waals surface area (Å²) in [4.78, 5) is 2.34. The summed E-state index contributed by atoms with van der Waals surface area (Å²) in [7, 11) is 1.94. The van der Waals surface area contributed by atoms with Crippen molar-refractivity contribution in [2.24, 2.45) is 7.05 Å². The molecule has 0 saturated carbocycles. The number of piperidine rings is 1. The first-order valence-electron chi connectivity index (χ1n) is 7.38. The lowest BCUT2D eigenvalue weighted by Crippen LogP contribution is -2.32. The zero-order chi connectivity index (χ0) is 15.7. The van der Waals surface area contributed by atoms with Gasteiger partial charge in [0.1, 0.15) is 5.82 Å². The van der Waals surface area contributed by atoms with Gasteiger partial charge in [-0.15, -0.1) is 0 Å². The van der Waals surface area contributed by atoms with Gasteiger partial charge in [0.15, 0.2) is 0 Å². The molecular formula is C16H18Cl2FN3. The van der Waals surface area contributed by atoms with Gasteiger partial charge in [-0.1, -0.05) is 29.3 Å². The number of rotatable bonds is 3. The van der Waals surface area contributed by atoms with E-state index in [2.05, 4.69) is 16.2 Å². The molecule has 1 saturated heterocycles. The van der Waals surface area contributed by atoms with E-state index < -0.39 is 5.82 Å². The van der Waals surface area contributed by atoms with Crippen LogP contribution in [0.5, 0.6) is 0 Å². The Morgan fingerprint density at radius 2 is 1.95 bits per heavy atom. The lowest BCUT2D eigenvalue weighted by Gasteiger charge is -2.31. The van der Waals surface area contributed by atoms with Gasteiger partial charge in [-0.3, -0.25) is 9.58 Å². The van der Waals surface area contributed by atoms with Crippen molar-refractivity contribution >= 4 is 23.2 Å². The summed E-state index contributed by atoms with van der Waals surface area (Å²) in [6.07, 6.45) is 6.24. The van der Waals surface area contributed by atoms with Crippen LogP contribution in [-0.2, 0) is 13.6 Å². The van der Waals surface area contributed by atoms with Crippen LogP contribution in [0.1, 0.15) is 29.9 Å². The fraction of sp³-hybridized carbons (Fsp3) is 0.438. The number of hydrogen-bond donors (Lipinski definition) is 0. The molecule has 1 aliphatic heterocycles. The van der Waals surface area contributed by atoms with Gasteiger partial charge in [-0.25, -0.2) is 4.39 Å². The van der Waals surface area contributed by atoms with E-state index in [1.807, 2.05) is 17.9 Å². The molecule has 1 aromatic heterocycles. The molecule has 0 spiro atoms. The van der Waals surface area contributed by atoms with Crippen molar-refractivity contribution in [3.63, 3.8) is 0 Å². The third-order valence-electron chi connectivity index (χ3n) is 4.29. The monoisotopic (exact) mass is 341 g/mol. The molecule has 3 rings (SSSR count). The molecule has 1 aromatic carbocycles. The fourth-order valence-electron chi connectivity index (χ4n) is 3.00. The number of aryl methyl sites for hydroxylation is 1. The van der Waals surface area contributed by atoms with E-state index in [-0.39, 0.29) is 5.02 Å². The van der Waals surface area contributed by atoms with Gasteiger partial charge in [-0.05, 0) is 49.0 Å². The van der Waals surface area contributed by atoms with Gasteiger partial charge in [0.2, 0.25) is 0 Å². The zero-order valence-electron chi connectivity index (χ0n) is 12.4. The van der Waals surface area contributed by atoms with E-state index in [0.717, 1.165) is 31.5 Å². The molecule has 0 radical (unpaired) electrons. The van der Waals surface area contributed by atoms with Gasteiger partial charge < -0.3 is 0 Å². The van der Waals surface area contributed by atoms with Crippen LogP contribution in [0.15, 0.2) is 24.5 Å². The molecule has 2 heterocycles. The van der Waals surface area contributed by atoms with E-state index in [1.54, 1.807) is 6.07 Å². The number of halogens is 3. The maximum Gasteiger partial charge on any atom is 0.143 e. The van der Waals surface area contributed by atoms with Crippen LogP contribution in [0.4, 0.5) is 4.39 Å². The average Bonchev–Trinajstić information content (AvgIpc) is 2.95. The van der Waals surface area contributed by atoms with Crippen molar-refractivity contribution in [1.82, 2.24) is 14.7 Å². The molecule has 118 valence electrons. The second kappa shape index (κ2) is 6.57. The smallest absolute Gasteiger partial charge is 0.143 e. The minimum Gasteiger partial charge on any atom is -0.299 e. The van der Waals surface area contributed by atoms with Crippen molar-refractivity contribution in [3.8, 4) is 0 Å². The maximum absolute atomic E-state index is 13.3. The third kappa shape index (κ3) is 3.29. The summed E-state index contributed by atoms with van der Waals surface area (Å²) in [6, 6.07) is 3.10. The molecule has 0 aliphatic carbocycles. The van der Waals surface area contributed by atoms with Crippen molar-refractivity contribution in [1.29, 1.82) is 0 Å². The SMILES string of the molecule is Cn1cc(C2CCN(Cc3ccc(F)c(Cl)c3Cl)CC2)cn1. The molecule has 2 aromatic rings. The first-order chi connectivity index (χ1) is 10.5. The number of likely N-dealkylation sites (tertiary alicyclic amines) is 1. The number of benzene rings is 1. The van der Waals surface area contributed by atoms with Gasteiger partial charge >= 0.3 is 0 Å². The van der Waals surface area contributed by atoms with Gasteiger partial charge in [0.25, 0.3) is 0 Å². The highest BCUT2D eigenvalue weighted by atomic mass is 35.5. The van der Waals surface area contributed by atoms with Crippen LogP contribution in [0.2, 0.25) is 10.0 Å². The Kier molecular flexibility index (Phi) is 4.71. The van der Waals surface area contributed by atoms with Gasteiger partial charge in [-0.2, -0.15) is 5.10 Å². The molecule has 0 unspecified atom stereocenters. The molecule has 1 fully saturated rings. The molecule has 3 nitrogen and oxygen atoms in total. The third-order valence-corrected chi connectivity index (χ3v) is 5.19. The van der Waals surface area contributed by atoms with Crippen LogP contribution in [0.3, 0.4) is 0 Å². The average molecular weight is 342 g/mol. The van der Waals surface area contributed by atoms with Crippen LogP contribution in [-0.4, -0.2) is 27.8 Å². The van der Waals surface area contributed by atoms with Crippen molar-refractivity contribution in [2.45, 2.75) is 25.3 Å². The van der Waals surface area contributed by atoms with Gasteiger partial charge in [0, 0.05) is 19.8 Å². The summed E-state index contributed by atoms with van der Waals surface area (Å²) in [5.74, 6) is 0.0999. The quantitative estimate of drug-likeness (QED) is 0.778. The standard InChI is InChI=1S/C16H18Cl2FN3/c1-21-9-13(8-20-21)11-4-6-22(7-5-11)10-12-2-3-14(19)16(18)15(12)17/h2-3,8-9,11H,4-7,10H2,1H3. The molecule has 0 amide bonds. The van der Waals surface area contributed by atoms with Crippen LogP contribution in [0, 0.1) is 5.82 Å². The Hall–Kier alpha value is -1.10. The second-order valence-electron chi connectivity index (χ2n) is 5.83. The Balaban J connectivity index is 1.61. The first-order valence-corrected chi connectivity index (χ1v) is 8.13. The van der Waals surface area contributed by atoms with E-state index in [1.165, 1.54) is 11.6 Å². The van der Waals surface area contributed by atoms with E-state index >= 15 is 0 Å². The van der Waals surface area contributed by atoms with Gasteiger partial charge in [0.05, 0.1) is 16.2 Å². The minimum atomic E-state index is -0.467. The first kappa shape index (κ1) is 15.8. The highest BCUT2D eigenvalue weighted by Crippen LogP contribution is 2.32. The molecule has 0 bridgehead atoms. The second-order valence-corrected chi connectivity index (χ2v) is 6.59. The van der Waals surface area contributed by atoms with E-state index in [0.29, 0.717) is 17.5 Å². The fourth-order valence-corrected chi connectivity index (χ4v) is 3.40. The Labute approximate surface area is 139 Å². The van der Waals surface area contributed by atoms with E-state index in [9.17, 15) is 4.39 Å². The number of hydrogen-bond acceptors (Lipinski definition) is 2. The molecule has 6 heteroatoms. The molecular weight excluding hydrogens is 324 g/mol. The van der Waals surface area contributed by atoms with Crippen molar-refractivity contribution in [3.05, 3.63) is 51.5 Å². The van der Waals surface area contributed by atoms with E-state index in [4.69, 9.17) is 23.2 Å². The summed E-state index contributed by atoms with van der Waals surface area (Å²) < 4.78 is 15.2. The van der Waals surface area contributed by atoms with Crippen LogP contribution < -0.4 is 0 Å². The lowest BCUT2D eigenvalue weighted by atomic mass is 9.91. The molecule has 1 aliphatic rings. The van der Waals surface area contributed by atoms with Crippen LogP contribution >= 0.6 is 23.2 Å². The molecule has 22 heavy (non-hydrogen) atoms. The summed E-state index contributed by atoms with van der Waals surface area (Å²) in [5.41, 5.74) is 2.19. The Morgan fingerprint density at radius 3 is 2.59 bits per heavy atom. The zero-order valence-corrected chi connectivity index (χ0v) is 13.9. The molecule has 0 N–H and O–H groups in total. The minimum absolute atomic E-state index is 0.0180. The predicted octanol–water partition coefficient (Wildman–Crippen LogP) is 4.25. The van der Waals surface area contributed by atoms with Crippen molar-refractivity contribution in [2.75, 3.05) is 13.1 Å². The number of nitrogens with zero attached hydrogens (tertiary/aromatic N) is 3.